The number of rotatable bonds is 6. The van der Waals surface area contributed by atoms with Gasteiger partial charge in [0.05, 0.1) is 20.3 Å². The van der Waals surface area contributed by atoms with Gasteiger partial charge in [0.25, 0.3) is 5.91 Å². The monoisotopic (exact) mass is 375 g/mol. The summed E-state index contributed by atoms with van der Waals surface area (Å²) < 4.78 is 16.4. The summed E-state index contributed by atoms with van der Waals surface area (Å²) in [6.07, 6.45) is 1.84. The van der Waals surface area contributed by atoms with Crippen molar-refractivity contribution in [2.24, 2.45) is 0 Å². The molecule has 1 heterocycles. The molecule has 26 heavy (non-hydrogen) atoms. The Morgan fingerprint density at radius 1 is 1.15 bits per heavy atom. The third kappa shape index (κ3) is 4.05. The Hall–Kier alpha value is -2.40. The average Bonchev–Trinajstić information content (AvgIpc) is 3.15. The number of likely N-dealkylation sites (tertiary alicyclic amines) is 1. The van der Waals surface area contributed by atoms with E-state index < -0.39 is 0 Å². The van der Waals surface area contributed by atoms with Crippen LogP contribution < -0.4 is 14.2 Å². The standard InChI is InChI=1S/C20H22ClNO4/c1-24-15-8-9-17(19(12-15)25-2)18-7-4-10-22(18)20(23)13-26-16-6-3-5-14(21)11-16/h3,5-6,8-9,11-12,18H,4,7,10,13H2,1-2H3/t18-/m0/s1. The molecule has 0 unspecified atom stereocenters. The first kappa shape index (κ1) is 18.4. The van der Waals surface area contributed by atoms with Crippen LogP contribution in [-0.2, 0) is 4.79 Å². The minimum Gasteiger partial charge on any atom is -0.497 e. The molecule has 0 N–H and O–H groups in total. The fourth-order valence-corrected chi connectivity index (χ4v) is 3.45. The molecule has 1 fully saturated rings. The average molecular weight is 376 g/mol. The summed E-state index contributed by atoms with van der Waals surface area (Å²) in [5.41, 5.74) is 0.988. The number of ether oxygens (including phenoxy) is 3. The number of nitrogens with zero attached hydrogens (tertiary/aromatic N) is 1. The van der Waals surface area contributed by atoms with Gasteiger partial charge in [0, 0.05) is 23.2 Å². The molecule has 5 nitrogen and oxygen atoms in total. The van der Waals surface area contributed by atoms with Crippen LogP contribution in [0, 0.1) is 0 Å². The third-order valence-electron chi connectivity index (χ3n) is 4.53. The second-order valence-corrected chi connectivity index (χ2v) is 6.54. The predicted molar refractivity (Wildman–Crippen MR) is 100 cm³/mol. The highest BCUT2D eigenvalue weighted by Crippen LogP contribution is 2.38. The number of benzene rings is 2. The SMILES string of the molecule is COc1ccc([C@@H]2CCCN2C(=O)COc2cccc(Cl)c2)c(OC)c1. The van der Waals surface area contributed by atoms with Crippen molar-refractivity contribution in [1.82, 2.24) is 4.90 Å². The molecular formula is C20H22ClNO4. The van der Waals surface area contributed by atoms with Crippen LogP contribution in [0.5, 0.6) is 17.2 Å². The predicted octanol–water partition coefficient (Wildman–Crippen LogP) is 4.10. The van der Waals surface area contributed by atoms with E-state index in [4.69, 9.17) is 25.8 Å². The second-order valence-electron chi connectivity index (χ2n) is 6.10. The van der Waals surface area contributed by atoms with Gasteiger partial charge < -0.3 is 19.1 Å². The topological polar surface area (TPSA) is 48.0 Å². The van der Waals surface area contributed by atoms with Crippen LogP contribution in [0.3, 0.4) is 0 Å². The van der Waals surface area contributed by atoms with Gasteiger partial charge >= 0.3 is 0 Å². The molecule has 1 aliphatic rings. The van der Waals surface area contributed by atoms with E-state index in [1.165, 1.54) is 0 Å². The van der Waals surface area contributed by atoms with Crippen LogP contribution in [0.15, 0.2) is 42.5 Å². The zero-order chi connectivity index (χ0) is 18.5. The minimum absolute atomic E-state index is 0.0185. The van der Waals surface area contributed by atoms with Crippen LogP contribution in [0.4, 0.5) is 0 Å². The van der Waals surface area contributed by atoms with Crippen LogP contribution in [0.25, 0.3) is 0 Å². The summed E-state index contributed by atoms with van der Waals surface area (Å²) >= 11 is 5.95. The largest absolute Gasteiger partial charge is 0.497 e. The number of halogens is 1. The maximum Gasteiger partial charge on any atom is 0.261 e. The lowest BCUT2D eigenvalue weighted by Crippen LogP contribution is -2.34. The first-order chi connectivity index (χ1) is 12.6. The highest BCUT2D eigenvalue weighted by molar-refractivity contribution is 6.30. The number of amides is 1. The molecule has 2 aromatic carbocycles. The van der Waals surface area contributed by atoms with Gasteiger partial charge in [0.15, 0.2) is 6.61 Å². The first-order valence-corrected chi connectivity index (χ1v) is 8.90. The fourth-order valence-electron chi connectivity index (χ4n) is 3.27. The van der Waals surface area contributed by atoms with Crippen molar-refractivity contribution >= 4 is 17.5 Å². The van der Waals surface area contributed by atoms with Crippen molar-refractivity contribution in [3.8, 4) is 17.2 Å². The smallest absolute Gasteiger partial charge is 0.261 e. The van der Waals surface area contributed by atoms with Crippen LogP contribution in [0.2, 0.25) is 5.02 Å². The van der Waals surface area contributed by atoms with Crippen LogP contribution in [0.1, 0.15) is 24.4 Å². The lowest BCUT2D eigenvalue weighted by atomic mass is 10.0. The van der Waals surface area contributed by atoms with Gasteiger partial charge in [-0.2, -0.15) is 0 Å². The van der Waals surface area contributed by atoms with Gasteiger partial charge in [-0.05, 0) is 43.2 Å². The summed E-state index contributed by atoms with van der Waals surface area (Å²) in [4.78, 5) is 14.6. The van der Waals surface area contributed by atoms with Crippen molar-refractivity contribution in [1.29, 1.82) is 0 Å². The van der Waals surface area contributed by atoms with Gasteiger partial charge in [0.1, 0.15) is 17.2 Å². The van der Waals surface area contributed by atoms with Gasteiger partial charge in [-0.3, -0.25) is 4.79 Å². The van der Waals surface area contributed by atoms with Gasteiger partial charge in [-0.15, -0.1) is 0 Å². The molecule has 3 rings (SSSR count). The molecule has 1 amide bonds. The second kappa shape index (κ2) is 8.32. The van der Waals surface area contributed by atoms with Crippen molar-refractivity contribution in [2.75, 3.05) is 27.4 Å². The van der Waals surface area contributed by atoms with Crippen molar-refractivity contribution in [3.05, 3.63) is 53.1 Å². The molecule has 1 saturated heterocycles. The van der Waals surface area contributed by atoms with E-state index in [-0.39, 0.29) is 18.6 Å². The molecule has 0 radical (unpaired) electrons. The zero-order valence-electron chi connectivity index (χ0n) is 14.9. The summed E-state index contributed by atoms with van der Waals surface area (Å²) in [6, 6.07) is 12.7. The maximum atomic E-state index is 12.7. The van der Waals surface area contributed by atoms with E-state index in [1.54, 1.807) is 38.5 Å². The van der Waals surface area contributed by atoms with E-state index in [9.17, 15) is 4.79 Å². The van der Waals surface area contributed by atoms with Gasteiger partial charge in [-0.25, -0.2) is 0 Å². The Labute approximate surface area is 158 Å². The summed E-state index contributed by atoms with van der Waals surface area (Å²) in [7, 11) is 3.24. The maximum absolute atomic E-state index is 12.7. The van der Waals surface area contributed by atoms with Crippen molar-refractivity contribution < 1.29 is 19.0 Å². The lowest BCUT2D eigenvalue weighted by molar-refractivity contribution is -0.134. The Morgan fingerprint density at radius 2 is 2.00 bits per heavy atom. The Balaban J connectivity index is 1.72. The number of carbonyl (C=O) groups is 1. The molecule has 0 aromatic heterocycles. The van der Waals surface area contributed by atoms with Crippen LogP contribution in [-0.4, -0.2) is 38.2 Å². The van der Waals surface area contributed by atoms with E-state index in [2.05, 4.69) is 0 Å². The zero-order valence-corrected chi connectivity index (χ0v) is 15.7. The van der Waals surface area contributed by atoms with E-state index in [0.717, 1.165) is 29.9 Å². The molecule has 0 bridgehead atoms. The molecule has 0 saturated carbocycles. The molecule has 138 valence electrons. The fraction of sp³-hybridized carbons (Fsp3) is 0.350. The molecular weight excluding hydrogens is 354 g/mol. The number of hydrogen-bond donors (Lipinski definition) is 0. The summed E-state index contributed by atoms with van der Waals surface area (Å²) in [5.74, 6) is 1.99. The van der Waals surface area contributed by atoms with E-state index in [0.29, 0.717) is 17.3 Å². The van der Waals surface area contributed by atoms with E-state index >= 15 is 0 Å². The molecule has 1 atom stereocenters. The summed E-state index contributed by atoms with van der Waals surface area (Å²) in [5, 5.41) is 0.581. The lowest BCUT2D eigenvalue weighted by Gasteiger charge is -2.26. The highest BCUT2D eigenvalue weighted by atomic mass is 35.5. The quantitative estimate of drug-likeness (QED) is 0.762. The number of carbonyl (C=O) groups excluding carboxylic acids is 1. The normalized spacial score (nSPS) is 16.4. The molecule has 2 aromatic rings. The number of methoxy groups -OCH3 is 2. The molecule has 6 heteroatoms. The van der Waals surface area contributed by atoms with Gasteiger partial charge in [0.2, 0.25) is 0 Å². The van der Waals surface area contributed by atoms with E-state index in [1.807, 2.05) is 23.1 Å². The Morgan fingerprint density at radius 3 is 2.73 bits per heavy atom. The van der Waals surface area contributed by atoms with Crippen molar-refractivity contribution in [3.63, 3.8) is 0 Å². The van der Waals surface area contributed by atoms with Crippen molar-refractivity contribution in [2.45, 2.75) is 18.9 Å². The Kier molecular flexibility index (Phi) is 5.89. The van der Waals surface area contributed by atoms with Gasteiger partial charge in [-0.1, -0.05) is 17.7 Å². The molecule has 0 aliphatic carbocycles. The highest BCUT2D eigenvalue weighted by Gasteiger charge is 2.32. The Bertz CT molecular complexity index is 780. The molecule has 0 spiro atoms. The number of hydrogen-bond acceptors (Lipinski definition) is 4. The first-order valence-electron chi connectivity index (χ1n) is 8.52. The summed E-state index contributed by atoms with van der Waals surface area (Å²) in [6.45, 7) is 0.687. The third-order valence-corrected chi connectivity index (χ3v) is 4.77. The minimum atomic E-state index is -0.0506. The van der Waals surface area contributed by atoms with Crippen LogP contribution >= 0.6 is 11.6 Å². The molecule has 1 aliphatic heterocycles.